The number of piperidine rings is 1. The molecular formula is C13H25NO4. The largest absolute Gasteiger partial charge is 0.367 e. The van der Waals surface area contributed by atoms with E-state index in [9.17, 15) is 4.79 Å². The molecule has 1 fully saturated rings. The molecule has 5 nitrogen and oxygen atoms in total. The Bertz CT molecular complexity index is 301. The second-order valence-electron chi connectivity index (χ2n) is 6.17. The SMILES string of the molecule is COC1(OC)CC(C)(C)N(OC(C)=O)C(C)(C)C1. The van der Waals surface area contributed by atoms with Gasteiger partial charge in [-0.15, -0.1) is 5.06 Å². The van der Waals surface area contributed by atoms with Crippen molar-refractivity contribution in [2.75, 3.05) is 14.2 Å². The molecule has 0 aromatic carbocycles. The van der Waals surface area contributed by atoms with Gasteiger partial charge in [-0.25, -0.2) is 0 Å². The zero-order chi connectivity index (χ0) is 14.2. The molecule has 0 aliphatic carbocycles. The second-order valence-corrected chi connectivity index (χ2v) is 6.17. The van der Waals surface area contributed by atoms with Gasteiger partial charge in [0.15, 0.2) is 5.79 Å². The molecule has 0 saturated carbocycles. The van der Waals surface area contributed by atoms with E-state index < -0.39 is 5.79 Å². The first-order valence-corrected chi connectivity index (χ1v) is 6.18. The van der Waals surface area contributed by atoms with Crippen molar-refractivity contribution >= 4 is 5.97 Å². The molecule has 18 heavy (non-hydrogen) atoms. The third kappa shape index (κ3) is 2.84. The maximum atomic E-state index is 11.3. The summed E-state index contributed by atoms with van der Waals surface area (Å²) in [6.45, 7) is 9.49. The molecule has 0 amide bonds. The van der Waals surface area contributed by atoms with E-state index in [-0.39, 0.29) is 17.0 Å². The van der Waals surface area contributed by atoms with Crippen molar-refractivity contribution in [3.8, 4) is 0 Å². The van der Waals surface area contributed by atoms with Crippen molar-refractivity contribution in [2.24, 2.45) is 0 Å². The molecule has 0 bridgehead atoms. The van der Waals surface area contributed by atoms with Gasteiger partial charge in [-0.1, -0.05) is 0 Å². The fourth-order valence-electron chi connectivity index (χ4n) is 3.09. The quantitative estimate of drug-likeness (QED) is 0.726. The molecule has 1 rings (SSSR count). The summed E-state index contributed by atoms with van der Waals surface area (Å²) >= 11 is 0. The number of rotatable bonds is 3. The molecule has 5 heteroatoms. The molecular weight excluding hydrogens is 234 g/mol. The fourth-order valence-corrected chi connectivity index (χ4v) is 3.09. The monoisotopic (exact) mass is 259 g/mol. The molecule has 0 atom stereocenters. The van der Waals surface area contributed by atoms with E-state index in [1.54, 1.807) is 19.3 Å². The Labute approximate surface area is 109 Å². The van der Waals surface area contributed by atoms with Crippen molar-refractivity contribution in [2.45, 2.75) is 64.3 Å². The summed E-state index contributed by atoms with van der Waals surface area (Å²) in [7, 11) is 3.30. The third-order valence-electron chi connectivity index (χ3n) is 3.47. The lowest BCUT2D eigenvalue weighted by Gasteiger charge is -2.55. The summed E-state index contributed by atoms with van der Waals surface area (Å²) in [5.74, 6) is -0.942. The van der Waals surface area contributed by atoms with Crippen LogP contribution in [0.5, 0.6) is 0 Å². The Morgan fingerprint density at radius 2 is 1.39 bits per heavy atom. The van der Waals surface area contributed by atoms with Gasteiger partial charge in [-0.05, 0) is 27.7 Å². The number of methoxy groups -OCH3 is 2. The van der Waals surface area contributed by atoms with Crippen molar-refractivity contribution < 1.29 is 19.1 Å². The van der Waals surface area contributed by atoms with Gasteiger partial charge in [-0.2, -0.15) is 0 Å². The highest BCUT2D eigenvalue weighted by Gasteiger charge is 2.55. The van der Waals surface area contributed by atoms with E-state index in [0.29, 0.717) is 12.8 Å². The maximum Gasteiger partial charge on any atom is 0.322 e. The molecule has 0 aromatic heterocycles. The highest BCUT2D eigenvalue weighted by Crippen LogP contribution is 2.45. The first kappa shape index (κ1) is 15.4. The molecule has 106 valence electrons. The van der Waals surface area contributed by atoms with Gasteiger partial charge < -0.3 is 14.3 Å². The van der Waals surface area contributed by atoms with Gasteiger partial charge in [0.1, 0.15) is 0 Å². The summed E-state index contributed by atoms with van der Waals surface area (Å²) in [5, 5.41) is 1.76. The summed E-state index contributed by atoms with van der Waals surface area (Å²) in [4.78, 5) is 16.6. The van der Waals surface area contributed by atoms with Crippen LogP contribution < -0.4 is 0 Å². The lowest BCUT2D eigenvalue weighted by molar-refractivity contribution is -0.334. The van der Waals surface area contributed by atoms with Crippen LogP contribution in [-0.2, 0) is 19.1 Å². The van der Waals surface area contributed by atoms with Crippen molar-refractivity contribution in [3.05, 3.63) is 0 Å². The van der Waals surface area contributed by atoms with Gasteiger partial charge >= 0.3 is 5.97 Å². The maximum absolute atomic E-state index is 11.3. The predicted molar refractivity (Wildman–Crippen MR) is 67.7 cm³/mol. The van der Waals surface area contributed by atoms with Gasteiger partial charge in [0.25, 0.3) is 0 Å². The number of hydrogen-bond acceptors (Lipinski definition) is 5. The van der Waals surface area contributed by atoms with Crippen molar-refractivity contribution in [1.82, 2.24) is 5.06 Å². The lowest BCUT2D eigenvalue weighted by atomic mass is 9.78. The summed E-state index contributed by atoms with van der Waals surface area (Å²) in [5.41, 5.74) is -0.723. The Morgan fingerprint density at radius 1 is 1.00 bits per heavy atom. The number of carbonyl (C=O) groups excluding carboxylic acids is 1. The van der Waals surface area contributed by atoms with Crippen molar-refractivity contribution in [1.29, 1.82) is 0 Å². The highest BCUT2D eigenvalue weighted by molar-refractivity contribution is 5.65. The average Bonchev–Trinajstić information content (AvgIpc) is 2.22. The number of ether oxygens (including phenoxy) is 2. The first-order valence-electron chi connectivity index (χ1n) is 6.18. The molecule has 0 N–H and O–H groups in total. The zero-order valence-corrected chi connectivity index (χ0v) is 12.5. The normalized spacial score (nSPS) is 25.7. The minimum absolute atomic E-state index is 0.307. The molecule has 1 aliphatic heterocycles. The van der Waals surface area contributed by atoms with Gasteiger partial charge in [0.05, 0.1) is 11.1 Å². The Hall–Kier alpha value is -0.650. The third-order valence-corrected chi connectivity index (χ3v) is 3.47. The molecule has 1 aliphatic rings. The zero-order valence-electron chi connectivity index (χ0n) is 12.5. The molecule has 1 heterocycles. The van der Waals surface area contributed by atoms with Crippen LogP contribution in [0.15, 0.2) is 0 Å². The Kier molecular flexibility index (Phi) is 4.10. The van der Waals surface area contributed by atoms with Crippen LogP contribution in [0.4, 0.5) is 0 Å². The lowest BCUT2D eigenvalue weighted by Crippen LogP contribution is -2.66. The highest BCUT2D eigenvalue weighted by atomic mass is 16.7. The number of hydroxylamine groups is 2. The molecule has 1 saturated heterocycles. The van der Waals surface area contributed by atoms with Crippen LogP contribution in [0.3, 0.4) is 0 Å². The van der Waals surface area contributed by atoms with Gasteiger partial charge in [0.2, 0.25) is 0 Å². The average molecular weight is 259 g/mol. The van der Waals surface area contributed by atoms with E-state index in [4.69, 9.17) is 14.3 Å². The number of hydrogen-bond donors (Lipinski definition) is 0. The molecule has 0 unspecified atom stereocenters. The van der Waals surface area contributed by atoms with E-state index in [1.165, 1.54) is 6.92 Å². The van der Waals surface area contributed by atoms with Gasteiger partial charge in [-0.3, -0.25) is 4.79 Å². The van der Waals surface area contributed by atoms with Crippen LogP contribution in [0, 0.1) is 0 Å². The summed E-state index contributed by atoms with van der Waals surface area (Å²) < 4.78 is 11.1. The first-order chi connectivity index (χ1) is 8.08. The minimum Gasteiger partial charge on any atom is -0.367 e. The van der Waals surface area contributed by atoms with Crippen LogP contribution in [-0.4, -0.2) is 42.1 Å². The van der Waals surface area contributed by atoms with Gasteiger partial charge in [0, 0.05) is 34.0 Å². The minimum atomic E-state index is -0.635. The van der Waals surface area contributed by atoms with Crippen LogP contribution in [0.2, 0.25) is 0 Å². The Balaban J connectivity index is 3.08. The molecule has 0 radical (unpaired) electrons. The summed E-state index contributed by atoms with van der Waals surface area (Å²) in [6.07, 6.45) is 1.26. The van der Waals surface area contributed by atoms with E-state index in [0.717, 1.165) is 0 Å². The summed E-state index contributed by atoms with van der Waals surface area (Å²) in [6, 6.07) is 0. The molecule has 0 aromatic rings. The van der Waals surface area contributed by atoms with Crippen molar-refractivity contribution in [3.63, 3.8) is 0 Å². The smallest absolute Gasteiger partial charge is 0.322 e. The predicted octanol–water partition coefficient (Wildman–Crippen LogP) is 2.11. The standard InChI is InChI=1S/C13H25NO4/c1-10(15)18-14-11(2,3)8-13(16-6,17-7)9-12(14,4)5/h8-9H2,1-7H3. The topological polar surface area (TPSA) is 48.0 Å². The second kappa shape index (κ2) is 4.79. The van der Waals surface area contributed by atoms with E-state index >= 15 is 0 Å². The fraction of sp³-hybridized carbons (Fsp3) is 0.923. The molecule has 0 spiro atoms. The van der Waals surface area contributed by atoms with Crippen LogP contribution in [0.25, 0.3) is 0 Å². The van der Waals surface area contributed by atoms with Crippen LogP contribution >= 0.6 is 0 Å². The number of carbonyl (C=O) groups is 1. The van der Waals surface area contributed by atoms with E-state index in [1.807, 2.05) is 27.7 Å². The van der Waals surface area contributed by atoms with Crippen LogP contribution in [0.1, 0.15) is 47.5 Å². The number of nitrogens with zero attached hydrogens (tertiary/aromatic N) is 1. The van der Waals surface area contributed by atoms with E-state index in [2.05, 4.69) is 0 Å². The Morgan fingerprint density at radius 3 is 1.67 bits per heavy atom.